The van der Waals surface area contributed by atoms with Crippen molar-refractivity contribution < 1.29 is 0 Å². The molecule has 1 aromatic carbocycles. The van der Waals surface area contributed by atoms with E-state index in [1.54, 1.807) is 11.1 Å². The first-order valence-corrected chi connectivity index (χ1v) is 8.71. The Bertz CT molecular complexity index is 398. The van der Waals surface area contributed by atoms with Gasteiger partial charge in [0.15, 0.2) is 0 Å². The minimum Gasteiger partial charge on any atom is -0.317 e. The van der Waals surface area contributed by atoms with Crippen LogP contribution in [0.4, 0.5) is 0 Å². The molecule has 110 valence electrons. The molecule has 1 heterocycles. The van der Waals surface area contributed by atoms with Gasteiger partial charge in [-0.1, -0.05) is 49.9 Å². The monoisotopic (exact) mass is 271 g/mol. The summed E-state index contributed by atoms with van der Waals surface area (Å²) in [6.45, 7) is 2.43. The minimum atomic E-state index is 0.838. The van der Waals surface area contributed by atoms with E-state index in [9.17, 15) is 0 Å². The Labute approximate surface area is 124 Å². The van der Waals surface area contributed by atoms with Crippen molar-refractivity contribution in [1.82, 2.24) is 5.32 Å². The number of rotatable bonds is 3. The van der Waals surface area contributed by atoms with E-state index in [0.29, 0.717) is 0 Å². The molecule has 20 heavy (non-hydrogen) atoms. The standard InChI is InChI=1S/C19H29N/c1-2-4-8-18(7-3-1)19-9-5-6-17(15-19)14-16-10-12-20-13-11-16/h5-6,9,15-16,18,20H,1-4,7-8,10-14H2. The van der Waals surface area contributed by atoms with Gasteiger partial charge in [-0.2, -0.15) is 0 Å². The molecule has 0 radical (unpaired) electrons. The highest BCUT2D eigenvalue weighted by atomic mass is 14.9. The second kappa shape index (κ2) is 7.26. The Kier molecular flexibility index (Phi) is 5.13. The van der Waals surface area contributed by atoms with Crippen molar-refractivity contribution in [2.24, 2.45) is 5.92 Å². The number of benzene rings is 1. The van der Waals surface area contributed by atoms with Crippen LogP contribution in [0, 0.1) is 5.92 Å². The van der Waals surface area contributed by atoms with Gasteiger partial charge in [0.1, 0.15) is 0 Å². The Morgan fingerprint density at radius 2 is 1.65 bits per heavy atom. The number of piperidine rings is 1. The summed E-state index contributed by atoms with van der Waals surface area (Å²) in [4.78, 5) is 0. The molecule has 0 aromatic heterocycles. The van der Waals surface area contributed by atoms with Crippen molar-refractivity contribution in [2.45, 2.75) is 63.7 Å². The van der Waals surface area contributed by atoms with Crippen LogP contribution >= 0.6 is 0 Å². The van der Waals surface area contributed by atoms with Crippen molar-refractivity contribution in [3.63, 3.8) is 0 Å². The van der Waals surface area contributed by atoms with Crippen LogP contribution in [0.25, 0.3) is 0 Å². The summed E-state index contributed by atoms with van der Waals surface area (Å²) in [5.74, 6) is 1.74. The fraction of sp³-hybridized carbons (Fsp3) is 0.684. The molecule has 3 rings (SSSR count). The van der Waals surface area contributed by atoms with Crippen LogP contribution in [-0.4, -0.2) is 13.1 Å². The molecule has 1 aromatic rings. The Morgan fingerprint density at radius 1 is 0.900 bits per heavy atom. The second-order valence-electron chi connectivity index (χ2n) is 6.83. The molecule has 1 saturated carbocycles. The fourth-order valence-electron chi connectivity index (χ4n) is 4.01. The number of nitrogens with one attached hydrogen (secondary N) is 1. The van der Waals surface area contributed by atoms with E-state index < -0.39 is 0 Å². The summed E-state index contributed by atoms with van der Waals surface area (Å²) in [7, 11) is 0. The summed E-state index contributed by atoms with van der Waals surface area (Å²) in [5, 5.41) is 3.47. The molecule has 0 spiro atoms. The Hall–Kier alpha value is -0.820. The van der Waals surface area contributed by atoms with Gasteiger partial charge in [-0.15, -0.1) is 0 Å². The summed E-state index contributed by atoms with van der Waals surface area (Å²) in [5.41, 5.74) is 3.21. The van der Waals surface area contributed by atoms with Crippen molar-refractivity contribution in [2.75, 3.05) is 13.1 Å². The van der Waals surface area contributed by atoms with Gasteiger partial charge in [-0.25, -0.2) is 0 Å². The molecular formula is C19H29N. The SMILES string of the molecule is c1cc(CC2CCNCC2)cc(C2CCCCCC2)c1. The zero-order chi connectivity index (χ0) is 13.6. The quantitative estimate of drug-likeness (QED) is 0.788. The highest BCUT2D eigenvalue weighted by molar-refractivity contribution is 5.27. The van der Waals surface area contributed by atoms with Crippen molar-refractivity contribution >= 4 is 0 Å². The maximum atomic E-state index is 3.47. The Morgan fingerprint density at radius 3 is 2.40 bits per heavy atom. The van der Waals surface area contributed by atoms with Gasteiger partial charge in [0.25, 0.3) is 0 Å². The third kappa shape index (κ3) is 3.85. The molecular weight excluding hydrogens is 242 g/mol. The summed E-state index contributed by atoms with van der Waals surface area (Å²) >= 11 is 0. The van der Waals surface area contributed by atoms with Crippen LogP contribution in [0.15, 0.2) is 24.3 Å². The summed E-state index contributed by atoms with van der Waals surface area (Å²) in [6, 6.07) is 9.55. The molecule has 0 bridgehead atoms. The number of hydrogen-bond donors (Lipinski definition) is 1. The highest BCUT2D eigenvalue weighted by Gasteiger charge is 2.16. The van der Waals surface area contributed by atoms with Gasteiger partial charge in [-0.05, 0) is 68.2 Å². The number of hydrogen-bond acceptors (Lipinski definition) is 1. The first kappa shape index (κ1) is 14.1. The average Bonchev–Trinajstić information content (AvgIpc) is 2.78. The summed E-state index contributed by atoms with van der Waals surface area (Å²) in [6.07, 6.45) is 12.6. The van der Waals surface area contributed by atoms with Crippen LogP contribution in [0.3, 0.4) is 0 Å². The average molecular weight is 271 g/mol. The molecule has 1 aliphatic carbocycles. The normalized spacial score (nSPS) is 22.6. The summed E-state index contributed by atoms with van der Waals surface area (Å²) < 4.78 is 0. The lowest BCUT2D eigenvalue weighted by atomic mass is 9.87. The Balaban J connectivity index is 1.65. The van der Waals surface area contributed by atoms with E-state index in [2.05, 4.69) is 29.6 Å². The molecule has 2 aliphatic rings. The lowest BCUT2D eigenvalue weighted by Gasteiger charge is -2.23. The highest BCUT2D eigenvalue weighted by Crippen LogP contribution is 2.32. The van der Waals surface area contributed by atoms with Gasteiger partial charge in [-0.3, -0.25) is 0 Å². The minimum absolute atomic E-state index is 0.838. The van der Waals surface area contributed by atoms with E-state index in [-0.39, 0.29) is 0 Å². The molecule has 2 fully saturated rings. The van der Waals surface area contributed by atoms with E-state index in [1.807, 2.05) is 0 Å². The van der Waals surface area contributed by atoms with Gasteiger partial charge in [0.2, 0.25) is 0 Å². The van der Waals surface area contributed by atoms with Crippen LogP contribution < -0.4 is 5.32 Å². The van der Waals surface area contributed by atoms with E-state index in [0.717, 1.165) is 11.8 Å². The van der Waals surface area contributed by atoms with Gasteiger partial charge < -0.3 is 5.32 Å². The molecule has 1 saturated heterocycles. The van der Waals surface area contributed by atoms with Crippen LogP contribution in [0.2, 0.25) is 0 Å². The smallest absolute Gasteiger partial charge is 0.00462 e. The predicted octanol–water partition coefficient (Wildman–Crippen LogP) is 4.67. The zero-order valence-corrected chi connectivity index (χ0v) is 12.7. The van der Waals surface area contributed by atoms with Crippen LogP contribution in [-0.2, 0) is 6.42 Å². The lowest BCUT2D eigenvalue weighted by molar-refractivity contribution is 0.372. The van der Waals surface area contributed by atoms with Gasteiger partial charge >= 0.3 is 0 Å². The molecule has 1 heteroatoms. The zero-order valence-electron chi connectivity index (χ0n) is 12.7. The molecule has 0 amide bonds. The van der Waals surface area contributed by atoms with Crippen molar-refractivity contribution in [3.05, 3.63) is 35.4 Å². The van der Waals surface area contributed by atoms with Crippen molar-refractivity contribution in [1.29, 1.82) is 0 Å². The van der Waals surface area contributed by atoms with Crippen LogP contribution in [0.1, 0.15) is 68.4 Å². The largest absolute Gasteiger partial charge is 0.317 e. The van der Waals surface area contributed by atoms with E-state index in [1.165, 1.54) is 70.9 Å². The van der Waals surface area contributed by atoms with E-state index in [4.69, 9.17) is 0 Å². The van der Waals surface area contributed by atoms with Gasteiger partial charge in [0.05, 0.1) is 0 Å². The van der Waals surface area contributed by atoms with Gasteiger partial charge in [0, 0.05) is 0 Å². The lowest BCUT2D eigenvalue weighted by Crippen LogP contribution is -2.28. The maximum Gasteiger partial charge on any atom is -0.00462 e. The third-order valence-corrected chi connectivity index (χ3v) is 5.26. The predicted molar refractivity (Wildman–Crippen MR) is 86.2 cm³/mol. The first-order chi connectivity index (χ1) is 9.92. The molecule has 1 N–H and O–H groups in total. The molecule has 0 unspecified atom stereocenters. The molecule has 0 atom stereocenters. The first-order valence-electron chi connectivity index (χ1n) is 8.71. The topological polar surface area (TPSA) is 12.0 Å². The molecule has 1 nitrogen and oxygen atoms in total. The fourth-order valence-corrected chi connectivity index (χ4v) is 4.01. The second-order valence-corrected chi connectivity index (χ2v) is 6.83. The molecule has 1 aliphatic heterocycles. The third-order valence-electron chi connectivity index (χ3n) is 5.26. The van der Waals surface area contributed by atoms with Crippen molar-refractivity contribution in [3.8, 4) is 0 Å². The van der Waals surface area contributed by atoms with E-state index >= 15 is 0 Å². The maximum absolute atomic E-state index is 3.47. The van der Waals surface area contributed by atoms with Crippen LogP contribution in [0.5, 0.6) is 0 Å².